The average molecular weight is 309 g/mol. The molecule has 0 saturated carbocycles. The molecular weight excluding hydrogens is 293 g/mol. The van der Waals surface area contributed by atoms with E-state index in [-0.39, 0.29) is 10.6 Å². The van der Waals surface area contributed by atoms with Crippen molar-refractivity contribution in [3.8, 4) is 5.75 Å². The van der Waals surface area contributed by atoms with Crippen LogP contribution in [0.4, 0.5) is 13.2 Å². The van der Waals surface area contributed by atoms with E-state index in [0.29, 0.717) is 13.0 Å². The molecular formula is C13H16ClF3N2O. The number of hydrogen-bond acceptors (Lipinski definition) is 3. The first-order chi connectivity index (χ1) is 9.38. The Hall–Kier alpha value is -0.980. The van der Waals surface area contributed by atoms with Crippen LogP contribution in [0.1, 0.15) is 11.1 Å². The molecule has 0 unspecified atom stereocenters. The molecule has 1 aromatic carbocycles. The molecule has 1 aliphatic heterocycles. The fourth-order valence-corrected chi connectivity index (χ4v) is 2.52. The smallest absolute Gasteiger partial charge is 0.420 e. The molecule has 2 N–H and O–H groups in total. The van der Waals surface area contributed by atoms with E-state index in [4.69, 9.17) is 11.6 Å². The number of piperazine rings is 1. The van der Waals surface area contributed by atoms with Crippen LogP contribution in [0.3, 0.4) is 0 Å². The summed E-state index contributed by atoms with van der Waals surface area (Å²) in [5.74, 6) is -0.711. The van der Waals surface area contributed by atoms with Gasteiger partial charge in [0.2, 0.25) is 0 Å². The predicted molar refractivity (Wildman–Crippen MR) is 71.1 cm³/mol. The quantitative estimate of drug-likeness (QED) is 0.900. The predicted octanol–water partition coefficient (Wildman–Crippen LogP) is 2.51. The fraction of sp³-hybridized carbons (Fsp3) is 0.538. The second-order valence-corrected chi connectivity index (χ2v) is 5.24. The molecule has 0 amide bonds. The molecule has 3 nitrogen and oxygen atoms in total. The third-order valence-corrected chi connectivity index (χ3v) is 3.58. The van der Waals surface area contributed by atoms with Crippen molar-refractivity contribution in [1.82, 2.24) is 10.2 Å². The van der Waals surface area contributed by atoms with Gasteiger partial charge < -0.3 is 15.3 Å². The summed E-state index contributed by atoms with van der Waals surface area (Å²) < 4.78 is 38.3. The number of phenols is 1. The summed E-state index contributed by atoms with van der Waals surface area (Å²) in [6, 6.07) is 2.15. The number of nitrogens with zero attached hydrogens (tertiary/aromatic N) is 1. The molecule has 1 aromatic rings. The zero-order valence-corrected chi connectivity index (χ0v) is 11.6. The number of aromatic hydroxyl groups is 1. The van der Waals surface area contributed by atoms with Crippen molar-refractivity contribution in [2.75, 3.05) is 32.7 Å². The van der Waals surface area contributed by atoms with Crippen LogP contribution in [0.25, 0.3) is 0 Å². The Kier molecular flexibility index (Phi) is 4.78. The van der Waals surface area contributed by atoms with Crippen LogP contribution >= 0.6 is 11.6 Å². The molecule has 112 valence electrons. The van der Waals surface area contributed by atoms with Gasteiger partial charge in [-0.2, -0.15) is 13.2 Å². The minimum atomic E-state index is -4.60. The number of nitrogens with one attached hydrogen (secondary N) is 1. The lowest BCUT2D eigenvalue weighted by Crippen LogP contribution is -2.44. The summed E-state index contributed by atoms with van der Waals surface area (Å²) in [5.41, 5.74) is -0.830. The molecule has 7 heteroatoms. The second kappa shape index (κ2) is 6.20. The molecule has 2 rings (SSSR count). The molecule has 0 aromatic heterocycles. The zero-order chi connectivity index (χ0) is 14.8. The van der Waals surface area contributed by atoms with E-state index in [1.807, 2.05) is 0 Å². The molecule has 0 bridgehead atoms. The molecule has 20 heavy (non-hydrogen) atoms. The SMILES string of the molecule is Oc1c(CCN2CCNCC2)cc(Cl)cc1C(F)(F)F. The van der Waals surface area contributed by atoms with E-state index in [0.717, 1.165) is 32.2 Å². The van der Waals surface area contributed by atoms with Crippen LogP contribution in [0, 0.1) is 0 Å². The van der Waals surface area contributed by atoms with E-state index in [1.165, 1.54) is 6.07 Å². The maximum Gasteiger partial charge on any atom is 0.420 e. The van der Waals surface area contributed by atoms with Gasteiger partial charge in [0.15, 0.2) is 0 Å². The largest absolute Gasteiger partial charge is 0.507 e. The highest BCUT2D eigenvalue weighted by Gasteiger charge is 2.35. The summed E-state index contributed by atoms with van der Waals surface area (Å²) in [6.45, 7) is 4.05. The average Bonchev–Trinajstić information content (AvgIpc) is 2.39. The highest BCUT2D eigenvalue weighted by Crippen LogP contribution is 2.39. The molecule has 0 aliphatic carbocycles. The van der Waals surface area contributed by atoms with Crippen molar-refractivity contribution < 1.29 is 18.3 Å². The van der Waals surface area contributed by atoms with Gasteiger partial charge in [-0.3, -0.25) is 0 Å². The zero-order valence-electron chi connectivity index (χ0n) is 10.8. The first-order valence-corrected chi connectivity index (χ1v) is 6.77. The first kappa shape index (κ1) is 15.4. The fourth-order valence-electron chi connectivity index (χ4n) is 2.28. The number of rotatable bonds is 3. The third kappa shape index (κ3) is 3.77. The van der Waals surface area contributed by atoms with Crippen molar-refractivity contribution in [2.45, 2.75) is 12.6 Å². The molecule has 0 radical (unpaired) electrons. The first-order valence-electron chi connectivity index (χ1n) is 6.39. The van der Waals surface area contributed by atoms with Crippen molar-refractivity contribution >= 4 is 11.6 Å². The molecule has 0 spiro atoms. The van der Waals surface area contributed by atoms with Crippen LogP contribution < -0.4 is 5.32 Å². The van der Waals surface area contributed by atoms with E-state index in [1.54, 1.807) is 0 Å². The third-order valence-electron chi connectivity index (χ3n) is 3.37. The van der Waals surface area contributed by atoms with Gasteiger partial charge in [0.25, 0.3) is 0 Å². The minimum absolute atomic E-state index is 0.00886. The van der Waals surface area contributed by atoms with Gasteiger partial charge in [-0.05, 0) is 24.1 Å². The summed E-state index contributed by atoms with van der Waals surface area (Å²) in [7, 11) is 0. The van der Waals surface area contributed by atoms with Crippen molar-refractivity contribution in [2.24, 2.45) is 0 Å². The molecule has 1 saturated heterocycles. The summed E-state index contributed by atoms with van der Waals surface area (Å²) in [6.07, 6.45) is -4.26. The van der Waals surface area contributed by atoms with Gasteiger partial charge in [0, 0.05) is 37.7 Å². The van der Waals surface area contributed by atoms with Crippen LogP contribution in [0.2, 0.25) is 5.02 Å². The summed E-state index contributed by atoms with van der Waals surface area (Å²) in [4.78, 5) is 2.14. The van der Waals surface area contributed by atoms with E-state index >= 15 is 0 Å². The van der Waals surface area contributed by atoms with Gasteiger partial charge in [-0.1, -0.05) is 11.6 Å². The summed E-state index contributed by atoms with van der Waals surface area (Å²) >= 11 is 5.71. The maximum atomic E-state index is 12.8. The lowest BCUT2D eigenvalue weighted by Gasteiger charge is -2.27. The van der Waals surface area contributed by atoms with Crippen LogP contribution in [-0.2, 0) is 12.6 Å². The Balaban J connectivity index is 2.12. The normalized spacial score (nSPS) is 17.4. The Morgan fingerprint density at radius 3 is 2.50 bits per heavy atom. The van der Waals surface area contributed by atoms with E-state index in [9.17, 15) is 18.3 Å². The number of hydrogen-bond donors (Lipinski definition) is 2. The standard InChI is InChI=1S/C13H16ClF3N2O/c14-10-7-9(1-4-19-5-2-18-3-6-19)12(20)11(8-10)13(15,16)17/h7-8,18,20H,1-6H2. The molecule has 0 atom stereocenters. The van der Waals surface area contributed by atoms with Crippen LogP contribution in [0.15, 0.2) is 12.1 Å². The molecule has 1 aliphatic rings. The lowest BCUT2D eigenvalue weighted by atomic mass is 10.1. The monoisotopic (exact) mass is 308 g/mol. The number of alkyl halides is 3. The number of halogens is 4. The second-order valence-electron chi connectivity index (χ2n) is 4.80. The van der Waals surface area contributed by atoms with E-state index < -0.39 is 17.5 Å². The van der Waals surface area contributed by atoms with Gasteiger partial charge in [0.1, 0.15) is 5.75 Å². The van der Waals surface area contributed by atoms with Gasteiger partial charge in [-0.15, -0.1) is 0 Å². The van der Waals surface area contributed by atoms with Crippen LogP contribution in [-0.4, -0.2) is 42.7 Å². The Morgan fingerprint density at radius 2 is 1.90 bits per heavy atom. The minimum Gasteiger partial charge on any atom is -0.507 e. The van der Waals surface area contributed by atoms with E-state index in [2.05, 4.69) is 10.2 Å². The van der Waals surface area contributed by atoms with Gasteiger partial charge in [-0.25, -0.2) is 0 Å². The highest BCUT2D eigenvalue weighted by molar-refractivity contribution is 6.30. The Bertz CT molecular complexity index is 473. The maximum absolute atomic E-state index is 12.8. The van der Waals surface area contributed by atoms with Gasteiger partial charge in [0.05, 0.1) is 5.56 Å². The lowest BCUT2D eigenvalue weighted by molar-refractivity contribution is -0.138. The Labute approximate surface area is 120 Å². The molecule has 1 heterocycles. The topological polar surface area (TPSA) is 35.5 Å². The molecule has 1 fully saturated rings. The van der Waals surface area contributed by atoms with Gasteiger partial charge >= 0.3 is 6.18 Å². The van der Waals surface area contributed by atoms with Crippen molar-refractivity contribution in [3.05, 3.63) is 28.3 Å². The Morgan fingerprint density at radius 1 is 1.25 bits per heavy atom. The summed E-state index contributed by atoms with van der Waals surface area (Å²) in [5, 5.41) is 13.0. The van der Waals surface area contributed by atoms with Crippen molar-refractivity contribution in [3.63, 3.8) is 0 Å². The van der Waals surface area contributed by atoms with Crippen molar-refractivity contribution in [1.29, 1.82) is 0 Å². The van der Waals surface area contributed by atoms with Crippen LogP contribution in [0.5, 0.6) is 5.75 Å². The number of phenolic OH excluding ortho intramolecular Hbond substituents is 1. The highest BCUT2D eigenvalue weighted by atomic mass is 35.5. The number of benzene rings is 1.